The van der Waals surface area contributed by atoms with Crippen molar-refractivity contribution in [3.05, 3.63) is 71.7 Å². The second-order valence-corrected chi connectivity index (χ2v) is 6.29. The van der Waals surface area contributed by atoms with Crippen molar-refractivity contribution in [2.45, 2.75) is 53.6 Å². The molecule has 1 heterocycles. The zero-order valence-corrected chi connectivity index (χ0v) is 16.4. The van der Waals surface area contributed by atoms with Crippen LogP contribution in [0, 0.1) is 11.7 Å². The van der Waals surface area contributed by atoms with Crippen LogP contribution in [0.25, 0.3) is 0 Å². The third-order valence-corrected chi connectivity index (χ3v) is 4.33. The molecule has 0 saturated heterocycles. The average Bonchev–Trinajstić information content (AvgIpc) is 3.07. The molecule has 26 heavy (non-hydrogen) atoms. The van der Waals surface area contributed by atoms with Crippen molar-refractivity contribution < 1.29 is 9.18 Å². The van der Waals surface area contributed by atoms with Gasteiger partial charge < -0.3 is 10.2 Å². The largest absolute Gasteiger partial charge is 0.322 e. The van der Waals surface area contributed by atoms with Gasteiger partial charge in [0.25, 0.3) is 0 Å². The lowest BCUT2D eigenvalue weighted by Gasteiger charge is -2.16. The van der Waals surface area contributed by atoms with E-state index in [0.29, 0.717) is 23.7 Å². The van der Waals surface area contributed by atoms with Gasteiger partial charge in [-0.15, -0.1) is 0 Å². The van der Waals surface area contributed by atoms with E-state index in [4.69, 9.17) is 0 Å². The SMILES string of the molecule is C=C(/C=C\C(=C)C(C)CCC)NC(=O)N1Cc2cccc(F)c2C1.CC. The van der Waals surface area contributed by atoms with Crippen LogP contribution in [0.2, 0.25) is 0 Å². The summed E-state index contributed by atoms with van der Waals surface area (Å²) in [5, 5.41) is 2.74. The molecule has 0 saturated carbocycles. The van der Waals surface area contributed by atoms with Gasteiger partial charge in [0.1, 0.15) is 5.82 Å². The molecule has 0 bridgehead atoms. The molecule has 1 atom stereocenters. The molecule has 0 radical (unpaired) electrons. The number of hydrogen-bond acceptors (Lipinski definition) is 1. The van der Waals surface area contributed by atoms with E-state index in [1.54, 1.807) is 17.0 Å². The molecule has 1 aromatic carbocycles. The van der Waals surface area contributed by atoms with Gasteiger partial charge in [0, 0.05) is 17.8 Å². The normalized spacial score (nSPS) is 13.7. The summed E-state index contributed by atoms with van der Waals surface area (Å²) in [4.78, 5) is 13.9. The Bertz CT molecular complexity index is 679. The van der Waals surface area contributed by atoms with E-state index in [0.717, 1.165) is 24.0 Å². The van der Waals surface area contributed by atoms with Crippen LogP contribution >= 0.6 is 0 Å². The number of carbonyl (C=O) groups excluding carboxylic acids is 1. The standard InChI is InChI=1S/C20H25FN2O.C2H6/c1-5-7-14(2)15(3)10-11-16(4)22-20(24)23-12-17-8-6-9-19(21)18(17)13-23;1-2/h6,8-11,14H,3-5,7,12-13H2,1-2H3,(H,22,24);1-2H3/b11-10-;. The van der Waals surface area contributed by atoms with Crippen LogP contribution in [0.5, 0.6) is 0 Å². The lowest BCUT2D eigenvalue weighted by Crippen LogP contribution is -2.35. The van der Waals surface area contributed by atoms with Crippen molar-refractivity contribution in [2.24, 2.45) is 5.92 Å². The summed E-state index contributed by atoms with van der Waals surface area (Å²) >= 11 is 0. The Balaban J connectivity index is 0.00000163. The van der Waals surface area contributed by atoms with Gasteiger partial charge in [-0.2, -0.15) is 0 Å². The fourth-order valence-corrected chi connectivity index (χ4v) is 2.77. The van der Waals surface area contributed by atoms with Gasteiger partial charge in [0.05, 0.1) is 6.54 Å². The number of nitrogens with zero attached hydrogens (tertiary/aromatic N) is 1. The van der Waals surface area contributed by atoms with E-state index < -0.39 is 0 Å². The minimum Gasteiger partial charge on any atom is -0.316 e. The first-order chi connectivity index (χ1) is 12.4. The molecule has 3 nitrogen and oxygen atoms in total. The topological polar surface area (TPSA) is 32.3 Å². The highest BCUT2D eigenvalue weighted by Gasteiger charge is 2.25. The Morgan fingerprint density at radius 1 is 1.31 bits per heavy atom. The molecule has 1 N–H and O–H groups in total. The van der Waals surface area contributed by atoms with Gasteiger partial charge >= 0.3 is 6.03 Å². The first-order valence-corrected chi connectivity index (χ1v) is 9.30. The van der Waals surface area contributed by atoms with Crippen molar-refractivity contribution in [3.63, 3.8) is 0 Å². The highest BCUT2D eigenvalue weighted by Crippen LogP contribution is 2.25. The number of fused-ring (bicyclic) bond motifs is 1. The second kappa shape index (κ2) is 10.6. The lowest BCUT2D eigenvalue weighted by atomic mass is 9.97. The fourth-order valence-electron chi connectivity index (χ4n) is 2.77. The van der Waals surface area contributed by atoms with E-state index in [-0.39, 0.29) is 18.4 Å². The van der Waals surface area contributed by atoms with Gasteiger partial charge in [0.15, 0.2) is 0 Å². The van der Waals surface area contributed by atoms with Gasteiger partial charge in [-0.25, -0.2) is 9.18 Å². The predicted octanol–water partition coefficient (Wildman–Crippen LogP) is 5.94. The molecule has 0 fully saturated rings. The lowest BCUT2D eigenvalue weighted by molar-refractivity contribution is 0.201. The fraction of sp³-hybridized carbons (Fsp3) is 0.409. The maximum Gasteiger partial charge on any atom is 0.322 e. The van der Waals surface area contributed by atoms with Crippen molar-refractivity contribution >= 4 is 6.03 Å². The van der Waals surface area contributed by atoms with E-state index in [2.05, 4.69) is 32.3 Å². The Morgan fingerprint density at radius 2 is 2.00 bits per heavy atom. The van der Waals surface area contributed by atoms with Crippen LogP contribution in [0.15, 0.2) is 54.8 Å². The minimum absolute atomic E-state index is 0.261. The summed E-state index contributed by atoms with van der Waals surface area (Å²) in [6.45, 7) is 16.9. The monoisotopic (exact) mass is 358 g/mol. The molecule has 142 valence electrons. The summed E-state index contributed by atoms with van der Waals surface area (Å²) in [6.07, 6.45) is 5.84. The Kier molecular flexibility index (Phi) is 8.83. The van der Waals surface area contributed by atoms with Crippen molar-refractivity contribution in [1.82, 2.24) is 10.2 Å². The van der Waals surface area contributed by atoms with Crippen LogP contribution in [0.4, 0.5) is 9.18 Å². The quantitative estimate of drug-likeness (QED) is 0.627. The molecule has 1 unspecified atom stereocenters. The first kappa shape index (κ1) is 21.7. The number of nitrogens with one attached hydrogen (secondary N) is 1. The van der Waals surface area contributed by atoms with Crippen LogP contribution in [0.3, 0.4) is 0 Å². The smallest absolute Gasteiger partial charge is 0.316 e. The predicted molar refractivity (Wildman–Crippen MR) is 107 cm³/mol. The number of rotatable bonds is 6. The van der Waals surface area contributed by atoms with Crippen molar-refractivity contribution in [1.29, 1.82) is 0 Å². The van der Waals surface area contributed by atoms with E-state index in [9.17, 15) is 9.18 Å². The van der Waals surface area contributed by atoms with Gasteiger partial charge in [-0.3, -0.25) is 0 Å². The second-order valence-electron chi connectivity index (χ2n) is 6.29. The summed E-state index contributed by atoms with van der Waals surface area (Å²) in [5.74, 6) is 0.147. The number of halogens is 1. The van der Waals surface area contributed by atoms with E-state index in [1.165, 1.54) is 6.07 Å². The first-order valence-electron chi connectivity index (χ1n) is 9.30. The highest BCUT2D eigenvalue weighted by molar-refractivity contribution is 5.77. The summed E-state index contributed by atoms with van der Waals surface area (Å²) in [5.41, 5.74) is 2.97. The van der Waals surface area contributed by atoms with Crippen molar-refractivity contribution in [2.75, 3.05) is 0 Å². The zero-order valence-electron chi connectivity index (χ0n) is 16.4. The van der Waals surface area contributed by atoms with Crippen LogP contribution in [0.1, 0.15) is 51.7 Å². The molecule has 1 aromatic rings. The summed E-state index contributed by atoms with van der Waals surface area (Å²) in [7, 11) is 0. The molecule has 2 rings (SSSR count). The Labute approximate surface area is 157 Å². The molecule has 1 aliphatic rings. The number of carbonyl (C=O) groups is 1. The molecular formula is C22H31FN2O. The number of benzene rings is 1. The third-order valence-electron chi connectivity index (χ3n) is 4.33. The molecule has 0 aromatic heterocycles. The molecule has 4 heteroatoms. The summed E-state index contributed by atoms with van der Waals surface area (Å²) < 4.78 is 13.7. The molecular weight excluding hydrogens is 327 g/mol. The summed E-state index contributed by atoms with van der Waals surface area (Å²) in [6, 6.07) is 4.66. The third kappa shape index (κ3) is 5.87. The maximum atomic E-state index is 13.7. The van der Waals surface area contributed by atoms with E-state index in [1.807, 2.05) is 26.0 Å². The number of allylic oxidation sites excluding steroid dienone is 3. The van der Waals surface area contributed by atoms with Gasteiger partial charge in [0.2, 0.25) is 0 Å². The van der Waals surface area contributed by atoms with Crippen molar-refractivity contribution in [3.8, 4) is 0 Å². The maximum absolute atomic E-state index is 13.7. The highest BCUT2D eigenvalue weighted by atomic mass is 19.1. The van der Waals surface area contributed by atoms with Crippen LogP contribution in [-0.4, -0.2) is 10.9 Å². The Hall–Kier alpha value is -2.36. The minimum atomic E-state index is -0.271. The van der Waals surface area contributed by atoms with Crippen LogP contribution < -0.4 is 5.32 Å². The number of hydrogen-bond donors (Lipinski definition) is 1. The zero-order chi connectivity index (χ0) is 19.7. The molecule has 0 spiro atoms. The van der Waals surface area contributed by atoms with Gasteiger partial charge in [-0.05, 0) is 30.0 Å². The van der Waals surface area contributed by atoms with E-state index >= 15 is 0 Å². The van der Waals surface area contributed by atoms with Gasteiger partial charge in [-0.1, -0.05) is 71.1 Å². The molecule has 1 aliphatic heterocycles. The molecule has 0 aliphatic carbocycles. The van der Waals surface area contributed by atoms with Crippen LogP contribution in [-0.2, 0) is 13.1 Å². The number of amides is 2. The number of urea groups is 1. The Morgan fingerprint density at radius 3 is 2.62 bits per heavy atom. The molecule has 2 amide bonds. The average molecular weight is 359 g/mol.